The minimum atomic E-state index is 0.0938. The molecule has 1 amide bonds. The number of aromatic nitrogens is 1. The molecule has 0 saturated carbocycles. The Balaban J connectivity index is 2.17. The van der Waals surface area contributed by atoms with Gasteiger partial charge in [-0.25, -0.2) is 4.98 Å². The lowest BCUT2D eigenvalue weighted by molar-refractivity contribution is 0.0678. The third-order valence-electron chi connectivity index (χ3n) is 3.64. The molecule has 1 aromatic rings. The van der Waals surface area contributed by atoms with Gasteiger partial charge in [0.15, 0.2) is 0 Å². The first-order valence-corrected chi connectivity index (χ1v) is 6.75. The lowest BCUT2D eigenvalue weighted by Gasteiger charge is -2.29. The largest absolute Gasteiger partial charge is 0.384 e. The maximum atomic E-state index is 12.5. The van der Waals surface area contributed by atoms with Crippen LogP contribution in [0.5, 0.6) is 0 Å². The molecule has 0 aliphatic carbocycles. The molecule has 1 unspecified atom stereocenters. The zero-order valence-electron chi connectivity index (χ0n) is 10.9. The second kappa shape index (κ2) is 5.85. The lowest BCUT2D eigenvalue weighted by atomic mass is 10.1. The predicted octanol–water partition coefficient (Wildman–Crippen LogP) is 2.46. The van der Waals surface area contributed by atoms with E-state index in [1.807, 2.05) is 4.90 Å². The first-order chi connectivity index (χ1) is 8.72. The first-order valence-electron chi connectivity index (χ1n) is 6.75. The molecule has 0 aromatic carbocycles. The summed E-state index contributed by atoms with van der Waals surface area (Å²) in [6.45, 7) is 3.01. The monoisotopic (exact) mass is 247 g/mol. The van der Waals surface area contributed by atoms with E-state index in [9.17, 15) is 4.79 Å². The summed E-state index contributed by atoms with van der Waals surface area (Å²) in [6, 6.07) is 3.83. The number of anilines is 1. The summed E-state index contributed by atoms with van der Waals surface area (Å²) in [6.07, 6.45) is 7.27. The van der Waals surface area contributed by atoms with E-state index in [0.29, 0.717) is 17.4 Å². The van der Waals surface area contributed by atoms with E-state index < -0.39 is 0 Å². The van der Waals surface area contributed by atoms with E-state index >= 15 is 0 Å². The Morgan fingerprint density at radius 3 is 2.94 bits per heavy atom. The van der Waals surface area contributed by atoms with Crippen molar-refractivity contribution in [2.45, 2.75) is 45.1 Å². The highest BCUT2D eigenvalue weighted by molar-refractivity contribution is 5.94. The molecule has 18 heavy (non-hydrogen) atoms. The Bertz CT molecular complexity index is 402. The number of carbonyl (C=O) groups is 1. The van der Waals surface area contributed by atoms with Crippen molar-refractivity contribution in [2.75, 3.05) is 12.3 Å². The smallest absolute Gasteiger partial charge is 0.255 e. The van der Waals surface area contributed by atoms with Gasteiger partial charge in [-0.05, 0) is 31.4 Å². The van der Waals surface area contributed by atoms with Crippen molar-refractivity contribution in [1.82, 2.24) is 9.88 Å². The topological polar surface area (TPSA) is 59.2 Å². The molecule has 2 heterocycles. The second-order valence-corrected chi connectivity index (χ2v) is 4.88. The van der Waals surface area contributed by atoms with Crippen LogP contribution in [-0.2, 0) is 0 Å². The van der Waals surface area contributed by atoms with Gasteiger partial charge in [0.2, 0.25) is 0 Å². The predicted molar refractivity (Wildman–Crippen MR) is 72.2 cm³/mol. The van der Waals surface area contributed by atoms with Gasteiger partial charge in [-0.15, -0.1) is 0 Å². The Kier molecular flexibility index (Phi) is 4.18. The van der Waals surface area contributed by atoms with Crippen molar-refractivity contribution >= 4 is 11.7 Å². The molecule has 2 N–H and O–H groups in total. The summed E-state index contributed by atoms with van der Waals surface area (Å²) >= 11 is 0. The minimum absolute atomic E-state index is 0.0938. The summed E-state index contributed by atoms with van der Waals surface area (Å²) in [5, 5.41) is 0. The van der Waals surface area contributed by atoms with Gasteiger partial charge in [-0.3, -0.25) is 4.79 Å². The van der Waals surface area contributed by atoms with E-state index in [1.165, 1.54) is 12.8 Å². The van der Waals surface area contributed by atoms with Crippen LogP contribution in [0.25, 0.3) is 0 Å². The summed E-state index contributed by atoms with van der Waals surface area (Å²) in [5.41, 5.74) is 6.19. The standard InChI is InChI=1S/C14H21N3O/c1-2-12-6-4-3-5-9-17(12)14(18)11-7-8-13(15)16-10-11/h7-8,10,12H,2-6,9H2,1H3,(H2,15,16). The minimum Gasteiger partial charge on any atom is -0.384 e. The number of likely N-dealkylation sites (tertiary alicyclic amines) is 1. The van der Waals surface area contributed by atoms with Crippen molar-refractivity contribution in [3.63, 3.8) is 0 Å². The lowest BCUT2D eigenvalue weighted by Crippen LogP contribution is -2.39. The molecule has 4 nitrogen and oxygen atoms in total. The highest BCUT2D eigenvalue weighted by Gasteiger charge is 2.24. The van der Waals surface area contributed by atoms with Crippen molar-refractivity contribution < 1.29 is 4.79 Å². The summed E-state index contributed by atoms with van der Waals surface area (Å²) in [5.74, 6) is 0.547. The van der Waals surface area contributed by atoms with Crippen LogP contribution >= 0.6 is 0 Å². The third-order valence-corrected chi connectivity index (χ3v) is 3.64. The van der Waals surface area contributed by atoms with Crippen LogP contribution in [0.4, 0.5) is 5.82 Å². The number of hydrogen-bond donors (Lipinski definition) is 1. The molecule has 1 saturated heterocycles. The summed E-state index contributed by atoms with van der Waals surface area (Å²) < 4.78 is 0. The molecule has 1 atom stereocenters. The summed E-state index contributed by atoms with van der Waals surface area (Å²) in [7, 11) is 0. The average molecular weight is 247 g/mol. The van der Waals surface area contributed by atoms with Gasteiger partial charge >= 0.3 is 0 Å². The number of carbonyl (C=O) groups excluding carboxylic acids is 1. The van der Waals surface area contributed by atoms with Crippen molar-refractivity contribution in [1.29, 1.82) is 0 Å². The highest BCUT2D eigenvalue weighted by Crippen LogP contribution is 2.21. The average Bonchev–Trinajstić information content (AvgIpc) is 2.63. The van der Waals surface area contributed by atoms with E-state index in [2.05, 4.69) is 11.9 Å². The fraction of sp³-hybridized carbons (Fsp3) is 0.571. The van der Waals surface area contributed by atoms with E-state index in [1.54, 1.807) is 18.3 Å². The maximum Gasteiger partial charge on any atom is 0.255 e. The van der Waals surface area contributed by atoms with Crippen molar-refractivity contribution in [3.8, 4) is 0 Å². The molecule has 0 spiro atoms. The third kappa shape index (κ3) is 2.81. The molecular formula is C14H21N3O. The fourth-order valence-corrected chi connectivity index (χ4v) is 2.57. The molecule has 0 bridgehead atoms. The Morgan fingerprint density at radius 2 is 2.28 bits per heavy atom. The second-order valence-electron chi connectivity index (χ2n) is 4.88. The molecule has 98 valence electrons. The zero-order chi connectivity index (χ0) is 13.0. The quantitative estimate of drug-likeness (QED) is 0.873. The first kappa shape index (κ1) is 12.9. The number of nitrogens with zero attached hydrogens (tertiary/aromatic N) is 2. The molecule has 1 fully saturated rings. The van der Waals surface area contributed by atoms with Gasteiger partial charge in [0.05, 0.1) is 5.56 Å². The number of pyridine rings is 1. The van der Waals surface area contributed by atoms with Crippen LogP contribution in [0.3, 0.4) is 0 Å². The van der Waals surface area contributed by atoms with Gasteiger partial charge in [0.1, 0.15) is 5.82 Å². The maximum absolute atomic E-state index is 12.5. The number of rotatable bonds is 2. The van der Waals surface area contributed by atoms with Gasteiger partial charge in [0.25, 0.3) is 5.91 Å². The van der Waals surface area contributed by atoms with Gasteiger partial charge in [0, 0.05) is 18.8 Å². The molecule has 4 heteroatoms. The summed E-state index contributed by atoms with van der Waals surface area (Å²) in [4.78, 5) is 18.5. The number of amides is 1. The van der Waals surface area contributed by atoms with Crippen LogP contribution < -0.4 is 5.73 Å². The van der Waals surface area contributed by atoms with Crippen LogP contribution in [0, 0.1) is 0 Å². The van der Waals surface area contributed by atoms with E-state index in [0.717, 1.165) is 25.8 Å². The Hall–Kier alpha value is -1.58. The fourth-order valence-electron chi connectivity index (χ4n) is 2.57. The van der Waals surface area contributed by atoms with E-state index in [-0.39, 0.29) is 5.91 Å². The highest BCUT2D eigenvalue weighted by atomic mass is 16.2. The normalized spacial score (nSPS) is 20.5. The number of nitrogen functional groups attached to an aromatic ring is 1. The molecule has 0 radical (unpaired) electrons. The molecule has 1 aliphatic heterocycles. The van der Waals surface area contributed by atoms with Crippen LogP contribution in [0.1, 0.15) is 49.4 Å². The number of hydrogen-bond acceptors (Lipinski definition) is 3. The van der Waals surface area contributed by atoms with Crippen LogP contribution in [0.2, 0.25) is 0 Å². The molecule has 1 aromatic heterocycles. The molecule has 2 rings (SSSR count). The van der Waals surface area contributed by atoms with Gasteiger partial charge in [-0.1, -0.05) is 19.8 Å². The van der Waals surface area contributed by atoms with Crippen LogP contribution in [-0.4, -0.2) is 28.4 Å². The van der Waals surface area contributed by atoms with Crippen LogP contribution in [0.15, 0.2) is 18.3 Å². The van der Waals surface area contributed by atoms with Crippen molar-refractivity contribution in [3.05, 3.63) is 23.9 Å². The Morgan fingerprint density at radius 1 is 1.44 bits per heavy atom. The SMILES string of the molecule is CCC1CCCCCN1C(=O)c1ccc(N)nc1. The number of nitrogens with two attached hydrogens (primary N) is 1. The van der Waals surface area contributed by atoms with Gasteiger partial charge < -0.3 is 10.6 Å². The molecular weight excluding hydrogens is 226 g/mol. The zero-order valence-corrected chi connectivity index (χ0v) is 10.9. The Labute approximate surface area is 108 Å². The van der Waals surface area contributed by atoms with Crippen molar-refractivity contribution in [2.24, 2.45) is 0 Å². The van der Waals surface area contributed by atoms with E-state index in [4.69, 9.17) is 5.73 Å². The van der Waals surface area contributed by atoms with Gasteiger partial charge in [-0.2, -0.15) is 0 Å². The molecule has 1 aliphatic rings.